The van der Waals surface area contributed by atoms with Crippen molar-refractivity contribution in [3.63, 3.8) is 0 Å². The molecule has 0 aliphatic carbocycles. The van der Waals surface area contributed by atoms with Crippen molar-refractivity contribution >= 4 is 34.2 Å². The molecule has 1 fully saturated rings. The van der Waals surface area contributed by atoms with E-state index in [0.29, 0.717) is 6.54 Å². The molecule has 7 heteroatoms. The van der Waals surface area contributed by atoms with Crippen LogP contribution in [0.1, 0.15) is 36.6 Å². The van der Waals surface area contributed by atoms with Crippen LogP contribution in [0.4, 0.5) is 5.69 Å². The first-order chi connectivity index (χ1) is 15.1. The molecule has 1 atom stereocenters. The van der Waals surface area contributed by atoms with E-state index in [1.54, 1.807) is 6.20 Å². The number of imidazole rings is 1. The molecule has 3 heterocycles. The Morgan fingerprint density at radius 3 is 2.97 bits per heavy atom. The molecule has 1 N–H and O–H groups in total. The molecule has 4 rings (SSSR count). The molecule has 1 aliphatic heterocycles. The lowest BCUT2D eigenvalue weighted by Crippen LogP contribution is -2.40. The largest absolute Gasteiger partial charge is 0.358 e. The normalized spacial score (nSPS) is 16.5. The number of likely N-dealkylation sites (tertiary alicyclic amines) is 1. The van der Waals surface area contributed by atoms with Crippen LogP contribution in [0, 0.1) is 6.92 Å². The number of para-hydroxylation sites is 2. The zero-order valence-electron chi connectivity index (χ0n) is 17.9. The smallest absolute Gasteiger partial charge is 0.237 e. The van der Waals surface area contributed by atoms with E-state index < -0.39 is 0 Å². The third kappa shape index (κ3) is 4.74. The first kappa shape index (κ1) is 21.4. The number of aryl methyl sites for hydroxylation is 2. The molecule has 0 saturated carbocycles. The molecule has 1 amide bonds. The summed E-state index contributed by atoms with van der Waals surface area (Å²) in [7, 11) is 0. The van der Waals surface area contributed by atoms with Crippen LogP contribution >= 0.6 is 11.6 Å². The van der Waals surface area contributed by atoms with E-state index in [1.165, 1.54) is 0 Å². The highest BCUT2D eigenvalue weighted by atomic mass is 35.5. The minimum Gasteiger partial charge on any atom is -0.358 e. The molecule has 0 spiro atoms. The van der Waals surface area contributed by atoms with Crippen molar-refractivity contribution in [3.8, 4) is 0 Å². The van der Waals surface area contributed by atoms with Gasteiger partial charge in [0.2, 0.25) is 5.91 Å². The topological polar surface area (TPSA) is 63.1 Å². The Labute approximate surface area is 187 Å². The minimum atomic E-state index is -0.00144. The van der Waals surface area contributed by atoms with Crippen LogP contribution < -0.4 is 5.32 Å². The van der Waals surface area contributed by atoms with Gasteiger partial charge in [0.15, 0.2) is 0 Å². The monoisotopic (exact) mass is 437 g/mol. The molecule has 1 aromatic carbocycles. The number of hydrogen-bond donors (Lipinski definition) is 1. The molecule has 6 nitrogen and oxygen atoms in total. The van der Waals surface area contributed by atoms with Crippen molar-refractivity contribution in [2.45, 2.75) is 38.6 Å². The fourth-order valence-corrected chi connectivity index (χ4v) is 4.40. The Bertz CT molecular complexity index is 1090. The Morgan fingerprint density at radius 1 is 1.32 bits per heavy atom. The van der Waals surface area contributed by atoms with Crippen molar-refractivity contribution in [1.82, 2.24) is 19.4 Å². The fourth-order valence-electron chi connectivity index (χ4n) is 4.23. The molecule has 31 heavy (non-hydrogen) atoms. The van der Waals surface area contributed by atoms with Gasteiger partial charge in [-0.1, -0.05) is 18.7 Å². The van der Waals surface area contributed by atoms with E-state index in [-0.39, 0.29) is 17.7 Å². The van der Waals surface area contributed by atoms with Crippen molar-refractivity contribution < 1.29 is 4.79 Å². The Morgan fingerprint density at radius 2 is 2.16 bits per heavy atom. The number of rotatable bonds is 7. The summed E-state index contributed by atoms with van der Waals surface area (Å²) in [4.78, 5) is 23.2. The Kier molecular flexibility index (Phi) is 6.56. The summed E-state index contributed by atoms with van der Waals surface area (Å²) in [6, 6.07) is 10.2. The molecule has 1 unspecified atom stereocenters. The number of alkyl halides is 1. The molecular weight excluding hydrogens is 410 g/mol. The van der Waals surface area contributed by atoms with Crippen molar-refractivity contribution in [2.24, 2.45) is 0 Å². The summed E-state index contributed by atoms with van der Waals surface area (Å²) >= 11 is 5.80. The number of carbonyl (C=O) groups excluding carboxylic acids is 1. The Balaban J connectivity index is 1.55. The van der Waals surface area contributed by atoms with E-state index in [4.69, 9.17) is 16.6 Å². The van der Waals surface area contributed by atoms with Gasteiger partial charge < -0.3 is 14.8 Å². The number of hydrogen-bond acceptors (Lipinski definition) is 4. The average Bonchev–Trinajstić information content (AvgIpc) is 3.17. The van der Waals surface area contributed by atoms with Gasteiger partial charge in [-0.3, -0.25) is 9.78 Å². The van der Waals surface area contributed by atoms with Crippen LogP contribution in [0.2, 0.25) is 0 Å². The van der Waals surface area contributed by atoms with Gasteiger partial charge in [0, 0.05) is 43.9 Å². The second-order valence-corrected chi connectivity index (χ2v) is 8.36. The van der Waals surface area contributed by atoms with Gasteiger partial charge in [0.1, 0.15) is 11.7 Å². The number of pyridine rings is 1. The highest BCUT2D eigenvalue weighted by molar-refractivity contribution is 6.27. The molecule has 0 bridgehead atoms. The van der Waals surface area contributed by atoms with Crippen molar-refractivity contribution in [1.29, 1.82) is 0 Å². The maximum atomic E-state index is 12.2. The maximum absolute atomic E-state index is 12.2. The molecule has 162 valence electrons. The lowest BCUT2D eigenvalue weighted by Gasteiger charge is -2.32. The van der Waals surface area contributed by atoms with Crippen LogP contribution in [0.15, 0.2) is 55.0 Å². The van der Waals surface area contributed by atoms with Crippen molar-refractivity contribution in [2.75, 3.05) is 24.3 Å². The molecule has 2 aromatic heterocycles. The Hall–Kier alpha value is -2.86. The number of fused-ring (bicyclic) bond motifs is 1. The van der Waals surface area contributed by atoms with Crippen LogP contribution in [-0.4, -0.2) is 44.3 Å². The first-order valence-corrected chi connectivity index (χ1v) is 11.2. The predicted octanol–water partition coefficient (Wildman–Crippen LogP) is 4.70. The standard InChI is InChI=1S/C24H28ClN5O/c1-17-9-11-26-15-21(17)27-18(2)10-13-30-22-8-4-3-7-20(22)28-24(30)19-6-5-12-29(16-19)23(31)14-25/h3-4,7-9,11,15,19,27H,2,5-6,10,12-14,16H2,1H3. The maximum Gasteiger partial charge on any atom is 0.237 e. The number of nitrogens with zero attached hydrogens (tertiary/aromatic N) is 4. The summed E-state index contributed by atoms with van der Waals surface area (Å²) in [5.41, 5.74) is 5.15. The average molecular weight is 438 g/mol. The number of allylic oxidation sites excluding steroid dienone is 1. The molecule has 0 radical (unpaired) electrons. The van der Waals surface area contributed by atoms with Gasteiger partial charge in [-0.15, -0.1) is 11.6 Å². The van der Waals surface area contributed by atoms with Gasteiger partial charge in [-0.25, -0.2) is 4.98 Å². The van der Waals surface area contributed by atoms with Gasteiger partial charge in [-0.2, -0.15) is 0 Å². The number of carbonyl (C=O) groups is 1. The summed E-state index contributed by atoms with van der Waals surface area (Å²) in [5, 5.41) is 3.39. The summed E-state index contributed by atoms with van der Waals surface area (Å²) < 4.78 is 2.29. The molecular formula is C24H28ClN5O. The summed E-state index contributed by atoms with van der Waals surface area (Å²) in [6.07, 6.45) is 6.35. The summed E-state index contributed by atoms with van der Waals surface area (Å²) in [5.74, 6) is 1.27. The lowest BCUT2D eigenvalue weighted by molar-refractivity contribution is -0.129. The molecule has 1 saturated heterocycles. The van der Waals surface area contributed by atoms with Crippen LogP contribution in [0.5, 0.6) is 0 Å². The van der Waals surface area contributed by atoms with Gasteiger partial charge in [0.25, 0.3) is 0 Å². The van der Waals surface area contributed by atoms with Crippen molar-refractivity contribution in [3.05, 3.63) is 66.4 Å². The lowest BCUT2D eigenvalue weighted by atomic mass is 9.97. The molecule has 1 aliphatic rings. The molecule has 3 aromatic rings. The summed E-state index contributed by atoms with van der Waals surface area (Å²) in [6.45, 7) is 8.48. The van der Waals surface area contributed by atoms with E-state index in [2.05, 4.69) is 34.4 Å². The highest BCUT2D eigenvalue weighted by Gasteiger charge is 2.28. The van der Waals surface area contributed by atoms with E-state index in [1.807, 2.05) is 35.4 Å². The second-order valence-electron chi connectivity index (χ2n) is 8.09. The SMILES string of the molecule is C=C(CCn1c(C2CCCN(C(=O)CCl)C2)nc2ccccc21)Nc1cnccc1C. The number of piperidine rings is 1. The zero-order valence-corrected chi connectivity index (χ0v) is 18.6. The third-order valence-corrected chi connectivity index (χ3v) is 6.15. The fraction of sp³-hybridized carbons (Fsp3) is 0.375. The number of halogens is 1. The number of amides is 1. The van der Waals surface area contributed by atoms with Gasteiger partial charge >= 0.3 is 0 Å². The quantitative estimate of drug-likeness (QED) is 0.544. The van der Waals surface area contributed by atoms with E-state index in [9.17, 15) is 4.79 Å². The van der Waals surface area contributed by atoms with E-state index in [0.717, 1.165) is 66.2 Å². The van der Waals surface area contributed by atoms with Crippen LogP contribution in [-0.2, 0) is 11.3 Å². The number of anilines is 1. The predicted molar refractivity (Wildman–Crippen MR) is 125 cm³/mol. The first-order valence-electron chi connectivity index (χ1n) is 10.7. The number of aromatic nitrogens is 3. The van der Waals surface area contributed by atoms with Gasteiger partial charge in [0.05, 0.1) is 22.9 Å². The second kappa shape index (κ2) is 9.52. The third-order valence-electron chi connectivity index (χ3n) is 5.93. The highest BCUT2D eigenvalue weighted by Crippen LogP contribution is 2.30. The van der Waals surface area contributed by atoms with E-state index >= 15 is 0 Å². The zero-order chi connectivity index (χ0) is 21.8. The van der Waals surface area contributed by atoms with Crippen LogP contribution in [0.3, 0.4) is 0 Å². The number of benzene rings is 1. The number of nitrogens with one attached hydrogen (secondary N) is 1. The van der Waals surface area contributed by atoms with Crippen LogP contribution in [0.25, 0.3) is 11.0 Å². The minimum absolute atomic E-state index is 0.00144. The van der Waals surface area contributed by atoms with Gasteiger partial charge in [-0.05, 0) is 43.5 Å².